The summed E-state index contributed by atoms with van der Waals surface area (Å²) < 4.78 is 16.4. The summed E-state index contributed by atoms with van der Waals surface area (Å²) in [6.45, 7) is 2.59. The summed E-state index contributed by atoms with van der Waals surface area (Å²) in [5.41, 5.74) is 2.57. The zero-order chi connectivity index (χ0) is 22.7. The molecule has 3 aromatic rings. The first-order chi connectivity index (χ1) is 14.8. The predicted octanol–water partition coefficient (Wildman–Crippen LogP) is 3.93. The zero-order valence-corrected chi connectivity index (χ0v) is 18.6. The van der Waals surface area contributed by atoms with E-state index in [9.17, 15) is 9.59 Å². The third-order valence-corrected chi connectivity index (χ3v) is 4.88. The van der Waals surface area contributed by atoms with Gasteiger partial charge in [-0.15, -0.1) is 0 Å². The van der Waals surface area contributed by atoms with Crippen LogP contribution >= 0.6 is 11.6 Å². The van der Waals surface area contributed by atoms with Crippen LogP contribution in [0.1, 0.15) is 13.8 Å². The maximum Gasteiger partial charge on any atom is 0.246 e. The molecule has 0 spiro atoms. The number of carbonyl (C=O) groups is 2. The number of benzene rings is 2. The van der Waals surface area contributed by atoms with E-state index >= 15 is 0 Å². The van der Waals surface area contributed by atoms with Gasteiger partial charge in [-0.2, -0.15) is 14.9 Å². The highest BCUT2D eigenvalue weighted by atomic mass is 35.5. The summed E-state index contributed by atoms with van der Waals surface area (Å²) in [4.78, 5) is 25.8. The number of hydrogen-bond donors (Lipinski definition) is 0. The van der Waals surface area contributed by atoms with E-state index in [1.807, 2.05) is 12.1 Å². The molecule has 31 heavy (non-hydrogen) atoms. The molecule has 0 saturated heterocycles. The van der Waals surface area contributed by atoms with E-state index in [0.717, 1.165) is 10.6 Å². The lowest BCUT2D eigenvalue weighted by molar-refractivity contribution is -0.126. The molecule has 0 aliphatic heterocycles. The van der Waals surface area contributed by atoms with Crippen LogP contribution in [0, 0.1) is 0 Å². The van der Waals surface area contributed by atoms with E-state index in [4.69, 9.17) is 25.8 Å². The first-order valence-electron chi connectivity index (χ1n) is 9.28. The molecule has 0 aliphatic rings. The molecular weight excluding hydrogens is 422 g/mol. The van der Waals surface area contributed by atoms with Crippen LogP contribution in [0.3, 0.4) is 0 Å². The van der Waals surface area contributed by atoms with Crippen LogP contribution in [-0.2, 0) is 9.59 Å². The number of amides is 2. The molecule has 0 aliphatic carbocycles. The Hall–Kier alpha value is -3.52. The van der Waals surface area contributed by atoms with Crippen molar-refractivity contribution in [1.29, 1.82) is 0 Å². The van der Waals surface area contributed by atoms with Gasteiger partial charge in [-0.1, -0.05) is 23.7 Å². The van der Waals surface area contributed by atoms with Crippen molar-refractivity contribution in [3.8, 4) is 39.6 Å². The molecule has 9 heteroatoms. The highest BCUT2D eigenvalue weighted by Crippen LogP contribution is 2.43. The third kappa shape index (κ3) is 4.20. The summed E-state index contributed by atoms with van der Waals surface area (Å²) >= 11 is 6.04. The van der Waals surface area contributed by atoms with Crippen molar-refractivity contribution in [3.05, 3.63) is 47.6 Å². The summed E-state index contributed by atoms with van der Waals surface area (Å²) in [7, 11) is 4.53. The molecule has 2 amide bonds. The number of imide groups is 1. The highest BCUT2D eigenvalue weighted by Gasteiger charge is 2.26. The lowest BCUT2D eigenvalue weighted by Gasteiger charge is -2.21. The van der Waals surface area contributed by atoms with E-state index in [2.05, 4.69) is 5.10 Å². The molecule has 0 bridgehead atoms. The third-order valence-electron chi connectivity index (χ3n) is 4.63. The molecule has 0 atom stereocenters. The molecule has 162 valence electrons. The van der Waals surface area contributed by atoms with Crippen LogP contribution in [0.25, 0.3) is 22.4 Å². The number of nitrogens with zero attached hydrogens (tertiary/aromatic N) is 3. The van der Waals surface area contributed by atoms with Crippen LogP contribution in [0.15, 0.2) is 42.6 Å². The number of halogens is 1. The van der Waals surface area contributed by atoms with Gasteiger partial charge in [0.25, 0.3) is 0 Å². The Labute approximate surface area is 184 Å². The average Bonchev–Trinajstić information content (AvgIpc) is 3.16. The smallest absolute Gasteiger partial charge is 0.246 e. The average molecular weight is 444 g/mol. The summed E-state index contributed by atoms with van der Waals surface area (Å²) in [6.07, 6.45) is 1.58. The number of aromatic nitrogens is 2. The second-order valence-electron chi connectivity index (χ2n) is 6.57. The fraction of sp³-hybridized carbons (Fsp3) is 0.227. The van der Waals surface area contributed by atoms with Gasteiger partial charge < -0.3 is 14.2 Å². The monoisotopic (exact) mass is 443 g/mol. The second kappa shape index (κ2) is 9.09. The fourth-order valence-corrected chi connectivity index (χ4v) is 3.43. The Balaban J connectivity index is 2.36. The van der Waals surface area contributed by atoms with E-state index in [1.54, 1.807) is 30.5 Å². The molecule has 0 unspecified atom stereocenters. The minimum atomic E-state index is -0.480. The van der Waals surface area contributed by atoms with Crippen LogP contribution in [0.5, 0.6) is 17.2 Å². The van der Waals surface area contributed by atoms with Gasteiger partial charge in [-0.05, 0) is 29.8 Å². The highest BCUT2D eigenvalue weighted by molar-refractivity contribution is 6.30. The lowest BCUT2D eigenvalue weighted by Crippen LogP contribution is -2.43. The van der Waals surface area contributed by atoms with Crippen molar-refractivity contribution in [1.82, 2.24) is 9.89 Å². The molecule has 0 N–H and O–H groups in total. The SMILES string of the molecule is COc1cc(-c2c(-c3ccc(Cl)cc3)cnn2N(C(C)=O)C(C)=O)cc(OC)c1OC. The number of carbonyl (C=O) groups excluding carboxylic acids is 2. The minimum Gasteiger partial charge on any atom is -0.493 e. The van der Waals surface area contributed by atoms with Crippen molar-refractivity contribution in [2.45, 2.75) is 13.8 Å². The van der Waals surface area contributed by atoms with Gasteiger partial charge in [0.05, 0.1) is 27.5 Å². The van der Waals surface area contributed by atoms with Gasteiger partial charge in [0.1, 0.15) is 5.69 Å². The van der Waals surface area contributed by atoms with Crippen LogP contribution < -0.4 is 19.2 Å². The normalized spacial score (nSPS) is 10.5. The topological polar surface area (TPSA) is 82.9 Å². The standard InChI is InChI=1S/C22H22ClN3O5/c1-13(27)25(14(2)28)26-21(18(12-24-26)15-6-8-17(23)9-7-15)16-10-19(29-3)22(31-5)20(11-16)30-4/h6-12H,1-5H3. The van der Waals surface area contributed by atoms with Crippen LogP contribution in [0.2, 0.25) is 5.02 Å². The summed E-state index contributed by atoms with van der Waals surface area (Å²) in [5.74, 6) is 0.300. The Kier molecular flexibility index (Phi) is 6.50. The van der Waals surface area contributed by atoms with Crippen molar-refractivity contribution in [3.63, 3.8) is 0 Å². The van der Waals surface area contributed by atoms with Crippen molar-refractivity contribution in [2.75, 3.05) is 26.3 Å². The van der Waals surface area contributed by atoms with Crippen LogP contribution in [-0.4, -0.2) is 43.0 Å². The summed E-state index contributed by atoms with van der Waals surface area (Å²) in [5, 5.41) is 5.88. The molecule has 0 saturated carbocycles. The molecule has 3 rings (SSSR count). The fourth-order valence-electron chi connectivity index (χ4n) is 3.31. The minimum absolute atomic E-state index is 0.419. The lowest BCUT2D eigenvalue weighted by atomic mass is 10.0. The van der Waals surface area contributed by atoms with E-state index < -0.39 is 11.8 Å². The molecule has 0 radical (unpaired) electrons. The summed E-state index contributed by atoms with van der Waals surface area (Å²) in [6, 6.07) is 10.6. The van der Waals surface area contributed by atoms with E-state index in [1.165, 1.54) is 40.0 Å². The quantitative estimate of drug-likeness (QED) is 0.574. The van der Waals surface area contributed by atoms with Gasteiger partial charge in [-0.3, -0.25) is 9.59 Å². The largest absolute Gasteiger partial charge is 0.493 e. The van der Waals surface area contributed by atoms with Gasteiger partial charge in [0.15, 0.2) is 11.5 Å². The number of methoxy groups -OCH3 is 3. The van der Waals surface area contributed by atoms with Gasteiger partial charge in [0, 0.05) is 30.0 Å². The van der Waals surface area contributed by atoms with Crippen LogP contribution in [0.4, 0.5) is 0 Å². The Morgan fingerprint density at radius 2 is 1.45 bits per heavy atom. The maximum atomic E-state index is 12.3. The van der Waals surface area contributed by atoms with Crippen molar-refractivity contribution < 1.29 is 23.8 Å². The Morgan fingerprint density at radius 3 is 1.90 bits per heavy atom. The van der Waals surface area contributed by atoms with Gasteiger partial charge in [-0.25, -0.2) is 0 Å². The maximum absolute atomic E-state index is 12.3. The van der Waals surface area contributed by atoms with Crippen molar-refractivity contribution >= 4 is 23.4 Å². The molecule has 8 nitrogen and oxygen atoms in total. The molecular formula is C22H22ClN3O5. The first kappa shape index (κ1) is 22.2. The van der Waals surface area contributed by atoms with E-state index in [0.29, 0.717) is 39.1 Å². The second-order valence-corrected chi connectivity index (χ2v) is 7.00. The van der Waals surface area contributed by atoms with Gasteiger partial charge >= 0.3 is 0 Å². The predicted molar refractivity (Wildman–Crippen MR) is 117 cm³/mol. The number of rotatable bonds is 6. The molecule has 2 aromatic carbocycles. The molecule has 1 aromatic heterocycles. The van der Waals surface area contributed by atoms with Gasteiger partial charge in [0.2, 0.25) is 17.6 Å². The zero-order valence-electron chi connectivity index (χ0n) is 17.8. The first-order valence-corrected chi connectivity index (χ1v) is 9.66. The number of ether oxygens (including phenoxy) is 3. The Bertz CT molecular complexity index is 1090. The van der Waals surface area contributed by atoms with Crippen molar-refractivity contribution in [2.24, 2.45) is 0 Å². The number of hydrogen-bond acceptors (Lipinski definition) is 6. The molecule has 0 fully saturated rings. The van der Waals surface area contributed by atoms with E-state index in [-0.39, 0.29) is 0 Å². The Morgan fingerprint density at radius 1 is 0.903 bits per heavy atom. The molecule has 1 heterocycles.